The SMILES string of the molecule is O=C1c2cn(Cc3ccccc3)cc2C(O)CCN1CCCN1CCN(c2ccc(F)cc2)CC1. The lowest BCUT2D eigenvalue weighted by Gasteiger charge is -2.36. The highest BCUT2D eigenvalue weighted by molar-refractivity contribution is 5.96. The molecule has 2 aliphatic heterocycles. The maximum Gasteiger partial charge on any atom is 0.255 e. The topological polar surface area (TPSA) is 52.0 Å². The lowest BCUT2D eigenvalue weighted by molar-refractivity contribution is 0.0737. The maximum absolute atomic E-state index is 13.3. The van der Waals surface area contributed by atoms with Crippen LogP contribution in [0.2, 0.25) is 0 Å². The summed E-state index contributed by atoms with van der Waals surface area (Å²) >= 11 is 0. The van der Waals surface area contributed by atoms with Crippen LogP contribution in [-0.2, 0) is 6.54 Å². The van der Waals surface area contributed by atoms with Gasteiger partial charge in [-0.2, -0.15) is 0 Å². The summed E-state index contributed by atoms with van der Waals surface area (Å²) in [5.41, 5.74) is 3.59. The van der Waals surface area contributed by atoms with Crippen molar-refractivity contribution in [2.45, 2.75) is 25.5 Å². The third-order valence-corrected chi connectivity index (χ3v) is 7.13. The zero-order valence-electron chi connectivity index (χ0n) is 20.0. The molecule has 0 aliphatic carbocycles. The van der Waals surface area contributed by atoms with Crippen LogP contribution >= 0.6 is 0 Å². The van der Waals surface area contributed by atoms with Gasteiger partial charge in [-0.25, -0.2) is 4.39 Å². The van der Waals surface area contributed by atoms with Crippen molar-refractivity contribution in [2.75, 3.05) is 50.7 Å². The van der Waals surface area contributed by atoms with E-state index in [1.54, 1.807) is 0 Å². The second-order valence-electron chi connectivity index (χ2n) is 9.54. The fourth-order valence-corrected chi connectivity index (χ4v) is 5.14. The molecule has 1 unspecified atom stereocenters. The number of hydrogen-bond donors (Lipinski definition) is 1. The van der Waals surface area contributed by atoms with Gasteiger partial charge < -0.3 is 19.5 Å². The molecule has 1 N–H and O–H groups in total. The number of aliphatic hydroxyl groups is 1. The van der Waals surface area contributed by atoms with Gasteiger partial charge >= 0.3 is 0 Å². The van der Waals surface area contributed by atoms with Crippen molar-refractivity contribution in [3.63, 3.8) is 0 Å². The number of benzene rings is 2. The molecule has 35 heavy (non-hydrogen) atoms. The van der Waals surface area contributed by atoms with Crippen molar-refractivity contribution < 1.29 is 14.3 Å². The summed E-state index contributed by atoms with van der Waals surface area (Å²) in [4.78, 5) is 19.9. The van der Waals surface area contributed by atoms with Gasteiger partial charge in [-0.05, 0) is 49.2 Å². The Morgan fingerprint density at radius 3 is 2.37 bits per heavy atom. The molecular weight excluding hydrogens is 443 g/mol. The molecule has 0 saturated carbocycles. The summed E-state index contributed by atoms with van der Waals surface area (Å²) in [5, 5.41) is 10.7. The van der Waals surface area contributed by atoms with Crippen LogP contribution in [0.25, 0.3) is 0 Å². The summed E-state index contributed by atoms with van der Waals surface area (Å²) < 4.78 is 15.2. The van der Waals surface area contributed by atoms with E-state index in [1.165, 1.54) is 12.1 Å². The maximum atomic E-state index is 13.3. The molecule has 1 atom stereocenters. The minimum Gasteiger partial charge on any atom is -0.388 e. The van der Waals surface area contributed by atoms with Crippen LogP contribution in [0.3, 0.4) is 0 Å². The van der Waals surface area contributed by atoms with Crippen LogP contribution in [-0.4, -0.2) is 71.2 Å². The molecule has 7 heteroatoms. The molecule has 1 amide bonds. The normalized spacial score (nSPS) is 19.0. The number of aliphatic hydroxyl groups excluding tert-OH is 1. The molecule has 5 rings (SSSR count). The molecule has 3 heterocycles. The Labute approximate surface area is 206 Å². The Bertz CT molecular complexity index is 1120. The van der Waals surface area contributed by atoms with Gasteiger partial charge in [0.2, 0.25) is 0 Å². The number of hydrogen-bond acceptors (Lipinski definition) is 4. The van der Waals surface area contributed by atoms with Gasteiger partial charge in [-0.3, -0.25) is 9.69 Å². The number of amides is 1. The van der Waals surface area contributed by atoms with Crippen molar-refractivity contribution in [2.24, 2.45) is 0 Å². The lowest BCUT2D eigenvalue weighted by atomic mass is 10.1. The Hall–Kier alpha value is -3.16. The Morgan fingerprint density at radius 1 is 0.886 bits per heavy atom. The summed E-state index contributed by atoms with van der Waals surface area (Å²) in [7, 11) is 0. The number of aromatic nitrogens is 1. The first-order valence-electron chi connectivity index (χ1n) is 12.5. The summed E-state index contributed by atoms with van der Waals surface area (Å²) in [6, 6.07) is 16.8. The monoisotopic (exact) mass is 476 g/mol. The predicted molar refractivity (Wildman–Crippen MR) is 135 cm³/mol. The molecule has 6 nitrogen and oxygen atoms in total. The molecular formula is C28H33FN4O2. The van der Waals surface area contributed by atoms with Crippen molar-refractivity contribution in [3.05, 3.63) is 89.5 Å². The summed E-state index contributed by atoms with van der Waals surface area (Å²) in [6.45, 7) is 6.62. The fraction of sp³-hybridized carbons (Fsp3) is 0.393. The largest absolute Gasteiger partial charge is 0.388 e. The van der Waals surface area contributed by atoms with Gasteiger partial charge in [0.1, 0.15) is 5.82 Å². The van der Waals surface area contributed by atoms with E-state index in [9.17, 15) is 14.3 Å². The van der Waals surface area contributed by atoms with E-state index in [0.29, 0.717) is 31.6 Å². The van der Waals surface area contributed by atoms with Crippen molar-refractivity contribution >= 4 is 11.6 Å². The summed E-state index contributed by atoms with van der Waals surface area (Å²) in [5.74, 6) is -0.188. The number of carbonyl (C=O) groups is 1. The lowest BCUT2D eigenvalue weighted by Crippen LogP contribution is -2.47. The average molecular weight is 477 g/mol. The van der Waals surface area contributed by atoms with E-state index in [2.05, 4.69) is 21.9 Å². The minimum absolute atomic E-state index is 0.0180. The quantitative estimate of drug-likeness (QED) is 0.564. The number of anilines is 1. The highest BCUT2D eigenvalue weighted by atomic mass is 19.1. The smallest absolute Gasteiger partial charge is 0.255 e. The average Bonchev–Trinajstić information content (AvgIpc) is 3.27. The van der Waals surface area contributed by atoms with E-state index in [1.807, 2.05) is 52.2 Å². The Balaban J connectivity index is 1.14. The van der Waals surface area contributed by atoms with Crippen LogP contribution < -0.4 is 4.90 Å². The molecule has 2 aliphatic rings. The zero-order valence-corrected chi connectivity index (χ0v) is 20.0. The van der Waals surface area contributed by atoms with E-state index < -0.39 is 6.10 Å². The third-order valence-electron chi connectivity index (χ3n) is 7.13. The summed E-state index contributed by atoms with van der Waals surface area (Å²) in [6.07, 6.45) is 4.66. The number of rotatable bonds is 7. The van der Waals surface area contributed by atoms with Gasteiger partial charge in [0.25, 0.3) is 5.91 Å². The van der Waals surface area contributed by atoms with Gasteiger partial charge in [0, 0.05) is 69.5 Å². The first-order chi connectivity index (χ1) is 17.1. The predicted octanol–water partition coefficient (Wildman–Crippen LogP) is 3.77. The first kappa shape index (κ1) is 23.6. The highest BCUT2D eigenvalue weighted by Gasteiger charge is 2.29. The Kier molecular flexibility index (Phi) is 7.16. The van der Waals surface area contributed by atoms with Gasteiger partial charge in [0.15, 0.2) is 0 Å². The second-order valence-corrected chi connectivity index (χ2v) is 9.54. The van der Waals surface area contributed by atoms with Crippen molar-refractivity contribution in [1.29, 1.82) is 0 Å². The molecule has 3 aromatic rings. The van der Waals surface area contributed by atoms with Gasteiger partial charge in [0.05, 0.1) is 11.7 Å². The number of piperazine rings is 1. The molecule has 1 saturated heterocycles. The van der Waals surface area contributed by atoms with E-state index >= 15 is 0 Å². The number of carbonyl (C=O) groups excluding carboxylic acids is 1. The van der Waals surface area contributed by atoms with Crippen molar-refractivity contribution in [3.8, 4) is 0 Å². The first-order valence-corrected chi connectivity index (χ1v) is 12.5. The number of fused-ring (bicyclic) bond motifs is 1. The second kappa shape index (κ2) is 10.6. The van der Waals surface area contributed by atoms with Crippen LogP contribution in [0, 0.1) is 5.82 Å². The molecule has 0 bridgehead atoms. The Morgan fingerprint density at radius 2 is 1.63 bits per heavy atom. The molecule has 2 aromatic carbocycles. The molecule has 1 fully saturated rings. The van der Waals surface area contributed by atoms with Crippen LogP contribution in [0.1, 0.15) is 40.4 Å². The molecule has 184 valence electrons. The molecule has 0 spiro atoms. The van der Waals surface area contributed by atoms with Crippen molar-refractivity contribution in [1.82, 2.24) is 14.4 Å². The van der Waals surface area contributed by atoms with Crippen LogP contribution in [0.15, 0.2) is 67.0 Å². The zero-order chi connectivity index (χ0) is 24.2. The number of nitrogens with zero attached hydrogens (tertiary/aromatic N) is 4. The van der Waals surface area contributed by atoms with Crippen LogP contribution in [0.4, 0.5) is 10.1 Å². The van der Waals surface area contributed by atoms with Gasteiger partial charge in [-0.1, -0.05) is 30.3 Å². The fourth-order valence-electron chi connectivity index (χ4n) is 5.14. The molecule has 1 aromatic heterocycles. The van der Waals surface area contributed by atoms with Gasteiger partial charge in [-0.15, -0.1) is 0 Å². The van der Waals surface area contributed by atoms with E-state index in [-0.39, 0.29) is 11.7 Å². The van der Waals surface area contributed by atoms with Crippen LogP contribution in [0.5, 0.6) is 0 Å². The van der Waals surface area contributed by atoms with E-state index in [4.69, 9.17) is 0 Å². The highest BCUT2D eigenvalue weighted by Crippen LogP contribution is 2.28. The van der Waals surface area contributed by atoms with E-state index in [0.717, 1.165) is 56.0 Å². The minimum atomic E-state index is -0.615. The molecule has 0 radical (unpaired) electrons. The third kappa shape index (κ3) is 5.57. The standard InChI is InChI=1S/C28H33FN4O2/c29-23-7-9-24(10-8-23)32-17-15-30(16-18-32)12-4-13-33-14-11-27(34)25-20-31(21-26(25)28(33)35)19-22-5-2-1-3-6-22/h1-3,5-10,20-21,27,34H,4,11-19H2. The number of halogens is 1.